The van der Waals surface area contributed by atoms with Gasteiger partial charge < -0.3 is 4.74 Å². The first-order valence-corrected chi connectivity index (χ1v) is 9.20. The van der Waals surface area contributed by atoms with E-state index >= 15 is 0 Å². The third-order valence-electron chi connectivity index (χ3n) is 5.69. The van der Waals surface area contributed by atoms with Gasteiger partial charge in [-0.3, -0.25) is 4.90 Å². The first-order valence-electron chi connectivity index (χ1n) is 9.20. The second-order valence-electron chi connectivity index (χ2n) is 7.11. The summed E-state index contributed by atoms with van der Waals surface area (Å²) in [5.41, 5.74) is 5.85. The summed E-state index contributed by atoms with van der Waals surface area (Å²) in [6.45, 7) is 8.07. The van der Waals surface area contributed by atoms with E-state index in [2.05, 4.69) is 80.3 Å². The first-order chi connectivity index (χ1) is 12.1. The van der Waals surface area contributed by atoms with Crippen LogP contribution in [0.25, 0.3) is 0 Å². The van der Waals surface area contributed by atoms with E-state index in [-0.39, 0.29) is 0 Å². The van der Waals surface area contributed by atoms with Gasteiger partial charge in [0.15, 0.2) is 0 Å². The molecule has 0 spiro atoms. The molecule has 0 N–H and O–H groups in total. The lowest BCUT2D eigenvalue weighted by atomic mass is 9.88. The van der Waals surface area contributed by atoms with Crippen LogP contribution < -0.4 is 4.74 Å². The molecule has 1 aliphatic rings. The van der Waals surface area contributed by atoms with E-state index in [1.807, 2.05) is 0 Å². The molecule has 0 aromatic heterocycles. The van der Waals surface area contributed by atoms with E-state index in [4.69, 9.17) is 4.74 Å². The summed E-state index contributed by atoms with van der Waals surface area (Å²) in [7, 11) is 1.72. The molecule has 2 heteroatoms. The van der Waals surface area contributed by atoms with E-state index in [1.54, 1.807) is 12.7 Å². The number of rotatable bonds is 5. The van der Waals surface area contributed by atoms with Gasteiger partial charge in [-0.05, 0) is 56.9 Å². The molecule has 1 aliphatic heterocycles. The summed E-state index contributed by atoms with van der Waals surface area (Å²) in [6.07, 6.45) is 2.21. The number of hydrogen-bond donors (Lipinski definition) is 0. The zero-order chi connectivity index (χ0) is 17.8. The van der Waals surface area contributed by atoms with E-state index in [0.29, 0.717) is 12.1 Å². The van der Waals surface area contributed by atoms with Crippen LogP contribution in [0.1, 0.15) is 44.4 Å². The number of hydrogen-bond acceptors (Lipinski definition) is 2. The lowest BCUT2D eigenvalue weighted by Gasteiger charge is -2.41. The van der Waals surface area contributed by atoms with Gasteiger partial charge in [-0.2, -0.15) is 0 Å². The maximum atomic E-state index is 5.29. The second-order valence-corrected chi connectivity index (χ2v) is 7.11. The van der Waals surface area contributed by atoms with Crippen LogP contribution in [0.2, 0.25) is 0 Å². The van der Waals surface area contributed by atoms with Gasteiger partial charge in [0.25, 0.3) is 0 Å². The molecular weight excluding hydrogens is 306 g/mol. The van der Waals surface area contributed by atoms with Crippen LogP contribution in [0.3, 0.4) is 0 Å². The van der Waals surface area contributed by atoms with Crippen LogP contribution in [0.15, 0.2) is 65.7 Å². The van der Waals surface area contributed by atoms with Crippen molar-refractivity contribution in [2.24, 2.45) is 0 Å². The van der Waals surface area contributed by atoms with Gasteiger partial charge in [0, 0.05) is 18.6 Å². The summed E-state index contributed by atoms with van der Waals surface area (Å²) < 4.78 is 5.29. The topological polar surface area (TPSA) is 12.5 Å². The Morgan fingerprint density at radius 3 is 2.36 bits per heavy atom. The number of nitrogens with zero attached hydrogens (tertiary/aromatic N) is 1. The Labute approximate surface area is 152 Å². The highest BCUT2D eigenvalue weighted by molar-refractivity contribution is 5.31. The van der Waals surface area contributed by atoms with Crippen LogP contribution in [-0.4, -0.2) is 24.6 Å². The Balaban J connectivity index is 1.86. The van der Waals surface area contributed by atoms with E-state index in [1.165, 1.54) is 23.1 Å². The van der Waals surface area contributed by atoms with Crippen LogP contribution >= 0.6 is 0 Å². The van der Waals surface area contributed by atoms with Crippen LogP contribution in [0.4, 0.5) is 0 Å². The fraction of sp³-hybridized carbons (Fsp3) is 0.391. The van der Waals surface area contributed by atoms with E-state index < -0.39 is 0 Å². The summed E-state index contributed by atoms with van der Waals surface area (Å²) in [4.78, 5) is 2.67. The zero-order valence-corrected chi connectivity index (χ0v) is 15.8. The molecule has 0 fully saturated rings. The molecule has 0 aliphatic carbocycles. The molecule has 2 unspecified atom stereocenters. The van der Waals surface area contributed by atoms with Crippen LogP contribution in [0, 0.1) is 0 Å². The van der Waals surface area contributed by atoms with E-state index in [9.17, 15) is 0 Å². The minimum Gasteiger partial charge on any atom is -0.497 e. The van der Waals surface area contributed by atoms with Crippen LogP contribution in [0.5, 0.6) is 5.75 Å². The molecule has 0 saturated carbocycles. The lowest BCUT2D eigenvalue weighted by molar-refractivity contribution is 0.153. The van der Waals surface area contributed by atoms with Crippen molar-refractivity contribution >= 4 is 0 Å². The lowest BCUT2D eigenvalue weighted by Crippen LogP contribution is -2.43. The maximum Gasteiger partial charge on any atom is 0.118 e. The Hall–Kier alpha value is -2.06. The molecule has 3 rings (SSSR count). The van der Waals surface area contributed by atoms with Gasteiger partial charge in [0.05, 0.1) is 7.11 Å². The van der Waals surface area contributed by atoms with Crippen LogP contribution in [-0.2, 0) is 6.42 Å². The van der Waals surface area contributed by atoms with Gasteiger partial charge in [0.1, 0.15) is 5.75 Å². The Morgan fingerprint density at radius 2 is 1.72 bits per heavy atom. The highest BCUT2D eigenvalue weighted by atomic mass is 16.5. The molecular formula is C23H29NO. The Bertz CT molecular complexity index is 718. The molecule has 0 saturated heterocycles. The minimum absolute atomic E-state index is 0.424. The zero-order valence-electron chi connectivity index (χ0n) is 15.8. The molecule has 2 aromatic carbocycles. The van der Waals surface area contributed by atoms with Crippen molar-refractivity contribution in [3.63, 3.8) is 0 Å². The van der Waals surface area contributed by atoms with Gasteiger partial charge in [-0.15, -0.1) is 0 Å². The third kappa shape index (κ3) is 3.96. The second kappa shape index (κ2) is 7.88. The van der Waals surface area contributed by atoms with Crippen molar-refractivity contribution in [1.82, 2.24) is 4.90 Å². The molecule has 25 heavy (non-hydrogen) atoms. The van der Waals surface area contributed by atoms with Gasteiger partial charge >= 0.3 is 0 Å². The standard InChI is InChI=1S/C23H29NO/c1-17-14-15-24(19(3)21-8-6-5-7-9-21)23(18(17)2)16-20-10-12-22(25-4)13-11-20/h5-13,19,23H,14-16H2,1-4H3. The average Bonchev–Trinajstić information content (AvgIpc) is 2.66. The number of methoxy groups -OCH3 is 1. The summed E-state index contributed by atoms with van der Waals surface area (Å²) in [5, 5.41) is 0. The number of ether oxygens (including phenoxy) is 1. The van der Waals surface area contributed by atoms with E-state index in [0.717, 1.165) is 18.7 Å². The van der Waals surface area contributed by atoms with Gasteiger partial charge in [-0.25, -0.2) is 0 Å². The predicted molar refractivity (Wildman–Crippen MR) is 105 cm³/mol. The molecule has 0 radical (unpaired) electrons. The molecule has 1 heterocycles. The quantitative estimate of drug-likeness (QED) is 0.677. The smallest absolute Gasteiger partial charge is 0.118 e. The van der Waals surface area contributed by atoms with Crippen molar-refractivity contribution in [2.45, 2.75) is 45.7 Å². The van der Waals surface area contributed by atoms with Crippen molar-refractivity contribution in [2.75, 3.05) is 13.7 Å². The average molecular weight is 335 g/mol. The minimum atomic E-state index is 0.424. The monoisotopic (exact) mass is 335 g/mol. The van der Waals surface area contributed by atoms with Crippen molar-refractivity contribution in [3.8, 4) is 5.75 Å². The fourth-order valence-electron chi connectivity index (χ4n) is 3.82. The maximum absolute atomic E-state index is 5.29. The highest BCUT2D eigenvalue weighted by Gasteiger charge is 2.29. The molecule has 132 valence electrons. The molecule has 0 amide bonds. The normalized spacial score (nSPS) is 19.8. The molecule has 2 nitrogen and oxygen atoms in total. The predicted octanol–water partition coefficient (Wildman–Crippen LogP) is 5.41. The van der Waals surface area contributed by atoms with Gasteiger partial charge in [-0.1, -0.05) is 53.6 Å². The molecule has 0 bridgehead atoms. The SMILES string of the molecule is COc1ccc(CC2C(C)=C(C)CCN2C(C)c2ccccc2)cc1. The first kappa shape index (κ1) is 17.8. The van der Waals surface area contributed by atoms with Crippen molar-refractivity contribution < 1.29 is 4.74 Å². The Kier molecular flexibility index (Phi) is 5.60. The highest BCUT2D eigenvalue weighted by Crippen LogP contribution is 2.33. The van der Waals surface area contributed by atoms with Crippen molar-refractivity contribution in [1.29, 1.82) is 0 Å². The molecule has 2 aromatic rings. The summed E-state index contributed by atoms with van der Waals surface area (Å²) in [6, 6.07) is 20.3. The summed E-state index contributed by atoms with van der Waals surface area (Å²) in [5.74, 6) is 0.922. The van der Waals surface area contributed by atoms with Gasteiger partial charge in [0.2, 0.25) is 0 Å². The van der Waals surface area contributed by atoms with Crippen molar-refractivity contribution in [3.05, 3.63) is 76.9 Å². The number of benzene rings is 2. The largest absolute Gasteiger partial charge is 0.497 e. The Morgan fingerprint density at radius 1 is 1.04 bits per heavy atom. The summed E-state index contributed by atoms with van der Waals surface area (Å²) >= 11 is 0. The molecule has 2 atom stereocenters. The fourth-order valence-corrected chi connectivity index (χ4v) is 3.82. The third-order valence-corrected chi connectivity index (χ3v) is 5.69.